The molecule has 0 fully saturated rings. The van der Waals surface area contributed by atoms with Gasteiger partial charge in [0.05, 0.1) is 6.26 Å². The second kappa shape index (κ2) is 6.66. The molecule has 2 heterocycles. The number of hydrogen-bond donors (Lipinski definition) is 0. The standard InChI is InChI=1S/C14H12NO.ClHO4/c1-2-5-13-10-15(8-7-12(13)4-1)11-14-6-3-9-16-14;2-1(3,4)5/h1-10H,11H2;(H,2,3,4,5)/q+1;/p-1. The van der Waals surface area contributed by atoms with E-state index in [1.807, 2.05) is 12.1 Å². The number of fused-ring (bicyclic) bond motifs is 1. The molecule has 7 heteroatoms. The molecule has 0 saturated heterocycles. The molecule has 0 spiro atoms. The van der Waals surface area contributed by atoms with E-state index >= 15 is 0 Å². The first kappa shape index (κ1) is 15.4. The molecule has 3 aromatic rings. The summed E-state index contributed by atoms with van der Waals surface area (Å²) in [4.78, 5) is 0. The van der Waals surface area contributed by atoms with Crippen LogP contribution in [0.2, 0.25) is 0 Å². The molecule has 0 radical (unpaired) electrons. The summed E-state index contributed by atoms with van der Waals surface area (Å²) in [5.41, 5.74) is 0. The Morgan fingerprint density at radius 2 is 1.57 bits per heavy atom. The second-order valence-electron chi connectivity index (χ2n) is 4.20. The molecule has 0 unspecified atom stereocenters. The van der Waals surface area contributed by atoms with E-state index in [2.05, 4.69) is 47.3 Å². The first-order valence-corrected chi connectivity index (χ1v) is 7.17. The van der Waals surface area contributed by atoms with E-state index in [-0.39, 0.29) is 0 Å². The lowest BCUT2D eigenvalue weighted by Gasteiger charge is -2.17. The second-order valence-corrected chi connectivity index (χ2v) is 4.96. The lowest BCUT2D eigenvalue weighted by Crippen LogP contribution is -2.68. The maximum absolute atomic E-state index is 8.49. The lowest BCUT2D eigenvalue weighted by molar-refractivity contribution is -2.00. The fraction of sp³-hybridized carbons (Fsp3) is 0.0714. The average Bonchev–Trinajstić information content (AvgIpc) is 2.89. The van der Waals surface area contributed by atoms with Crippen molar-refractivity contribution >= 4 is 10.8 Å². The Labute approximate surface area is 122 Å². The quantitative estimate of drug-likeness (QED) is 0.509. The minimum absolute atomic E-state index is 0.776. The van der Waals surface area contributed by atoms with Crippen LogP contribution in [0.15, 0.2) is 65.5 Å². The van der Waals surface area contributed by atoms with E-state index < -0.39 is 10.2 Å². The van der Waals surface area contributed by atoms with E-state index in [9.17, 15) is 0 Å². The van der Waals surface area contributed by atoms with Crippen LogP contribution in [0, 0.1) is 10.2 Å². The molecule has 0 amide bonds. The summed E-state index contributed by atoms with van der Waals surface area (Å²) in [5.74, 6) is 0.972. The number of halogens is 1. The molecule has 0 bridgehead atoms. The van der Waals surface area contributed by atoms with Crippen LogP contribution >= 0.6 is 0 Å². The van der Waals surface area contributed by atoms with Crippen molar-refractivity contribution in [3.8, 4) is 0 Å². The number of furan rings is 1. The molecule has 0 N–H and O–H groups in total. The molecular weight excluding hydrogens is 298 g/mol. The Hall–Kier alpha value is -1.96. The van der Waals surface area contributed by atoms with Gasteiger partial charge >= 0.3 is 0 Å². The third-order valence-corrected chi connectivity index (χ3v) is 2.67. The summed E-state index contributed by atoms with van der Waals surface area (Å²) in [6.45, 7) is 0.776. The van der Waals surface area contributed by atoms with E-state index in [0.717, 1.165) is 12.3 Å². The number of pyridine rings is 1. The van der Waals surface area contributed by atoms with Crippen LogP contribution in [-0.4, -0.2) is 0 Å². The zero-order valence-corrected chi connectivity index (χ0v) is 11.6. The summed E-state index contributed by atoms with van der Waals surface area (Å²) in [6, 6.07) is 14.4. The maximum Gasteiger partial charge on any atom is 0.205 e. The normalized spacial score (nSPS) is 11.0. The van der Waals surface area contributed by atoms with Crippen molar-refractivity contribution in [2.75, 3.05) is 0 Å². The Balaban J connectivity index is 0.000000282. The summed E-state index contributed by atoms with van der Waals surface area (Å²) >= 11 is 0. The van der Waals surface area contributed by atoms with Crippen molar-refractivity contribution in [1.82, 2.24) is 0 Å². The van der Waals surface area contributed by atoms with Crippen LogP contribution < -0.4 is 23.2 Å². The monoisotopic (exact) mass is 309 g/mol. The first-order valence-electron chi connectivity index (χ1n) is 5.94. The molecule has 6 nitrogen and oxygen atoms in total. The Morgan fingerprint density at radius 3 is 2.19 bits per heavy atom. The molecular formula is C14H12ClNO5. The van der Waals surface area contributed by atoms with Gasteiger partial charge in [-0.15, -0.1) is 10.2 Å². The van der Waals surface area contributed by atoms with E-state index in [0.29, 0.717) is 0 Å². The zero-order valence-electron chi connectivity index (χ0n) is 10.8. The topological polar surface area (TPSA) is 109 Å². The van der Waals surface area contributed by atoms with Crippen molar-refractivity contribution in [1.29, 1.82) is 0 Å². The van der Waals surface area contributed by atoms with Gasteiger partial charge in [0.25, 0.3) is 0 Å². The Morgan fingerprint density at radius 1 is 0.905 bits per heavy atom. The minimum Gasteiger partial charge on any atom is -0.463 e. The predicted molar refractivity (Wildman–Crippen MR) is 62.0 cm³/mol. The van der Waals surface area contributed by atoms with Gasteiger partial charge in [-0.1, -0.05) is 18.2 Å². The number of nitrogens with zero attached hydrogens (tertiary/aromatic N) is 1. The first-order chi connectivity index (χ1) is 9.92. The summed E-state index contributed by atoms with van der Waals surface area (Å²) in [6.07, 6.45) is 5.92. The van der Waals surface area contributed by atoms with E-state index in [4.69, 9.17) is 23.1 Å². The van der Waals surface area contributed by atoms with Gasteiger partial charge in [-0.2, -0.15) is 4.57 Å². The van der Waals surface area contributed by atoms with E-state index in [1.54, 1.807) is 6.26 Å². The summed E-state index contributed by atoms with van der Waals surface area (Å²) < 4.78 is 41.4. The number of hydrogen-bond acceptors (Lipinski definition) is 5. The minimum atomic E-state index is -4.94. The highest BCUT2D eigenvalue weighted by Gasteiger charge is 2.05. The lowest BCUT2D eigenvalue weighted by atomic mass is 10.2. The highest BCUT2D eigenvalue weighted by atomic mass is 35.7. The van der Waals surface area contributed by atoms with E-state index in [1.165, 1.54) is 10.8 Å². The summed E-state index contributed by atoms with van der Waals surface area (Å²) in [7, 11) is -4.94. The van der Waals surface area contributed by atoms with Crippen LogP contribution in [0.4, 0.5) is 0 Å². The van der Waals surface area contributed by atoms with Gasteiger partial charge in [0.15, 0.2) is 18.2 Å². The third-order valence-electron chi connectivity index (χ3n) is 2.67. The molecule has 0 aliphatic heterocycles. The molecule has 0 saturated carbocycles. The van der Waals surface area contributed by atoms with Gasteiger partial charge in [-0.05, 0) is 23.6 Å². The van der Waals surface area contributed by atoms with Crippen molar-refractivity contribution < 1.29 is 37.9 Å². The third kappa shape index (κ3) is 5.50. The molecule has 2 aromatic heterocycles. The predicted octanol–water partition coefficient (Wildman–Crippen LogP) is -1.99. The largest absolute Gasteiger partial charge is 0.463 e. The zero-order chi connectivity index (χ0) is 15.3. The van der Waals surface area contributed by atoms with Gasteiger partial charge in [-0.25, -0.2) is 18.6 Å². The van der Waals surface area contributed by atoms with Crippen LogP contribution in [0.5, 0.6) is 0 Å². The van der Waals surface area contributed by atoms with Crippen LogP contribution in [0.25, 0.3) is 10.8 Å². The molecule has 0 aliphatic rings. The van der Waals surface area contributed by atoms with Crippen LogP contribution in [0.1, 0.15) is 5.76 Å². The average molecular weight is 310 g/mol. The Kier molecular flexibility index (Phi) is 4.89. The van der Waals surface area contributed by atoms with Crippen molar-refractivity contribution in [2.45, 2.75) is 6.54 Å². The van der Waals surface area contributed by atoms with Crippen molar-refractivity contribution in [3.63, 3.8) is 0 Å². The van der Waals surface area contributed by atoms with Gasteiger partial charge in [0.1, 0.15) is 0 Å². The number of aromatic nitrogens is 1. The van der Waals surface area contributed by atoms with Crippen LogP contribution in [0.3, 0.4) is 0 Å². The van der Waals surface area contributed by atoms with Crippen molar-refractivity contribution in [3.05, 3.63) is 66.9 Å². The molecule has 21 heavy (non-hydrogen) atoms. The van der Waals surface area contributed by atoms with Gasteiger partial charge in [-0.3, -0.25) is 0 Å². The Bertz CT molecular complexity index is 688. The highest BCUT2D eigenvalue weighted by Crippen LogP contribution is 2.10. The van der Waals surface area contributed by atoms with Gasteiger partial charge in [0.2, 0.25) is 6.54 Å². The molecule has 1 aromatic carbocycles. The fourth-order valence-electron chi connectivity index (χ4n) is 1.86. The van der Waals surface area contributed by atoms with Gasteiger partial charge in [0, 0.05) is 11.5 Å². The molecule has 0 atom stereocenters. The number of benzene rings is 1. The molecule has 3 rings (SSSR count). The SMILES string of the molecule is [O-][Cl+3]([O-])([O-])[O-].c1coc(C[n+]2ccc3ccccc3c2)c1. The number of rotatable bonds is 2. The molecule has 110 valence electrons. The molecule has 0 aliphatic carbocycles. The maximum atomic E-state index is 8.49. The summed E-state index contributed by atoms with van der Waals surface area (Å²) in [5, 5.41) is 2.51. The highest BCUT2D eigenvalue weighted by molar-refractivity contribution is 5.80. The fourth-order valence-corrected chi connectivity index (χ4v) is 1.86. The smallest absolute Gasteiger partial charge is 0.205 e. The van der Waals surface area contributed by atoms with Crippen LogP contribution in [-0.2, 0) is 6.54 Å². The van der Waals surface area contributed by atoms with Crippen molar-refractivity contribution in [2.24, 2.45) is 0 Å². The van der Waals surface area contributed by atoms with Gasteiger partial charge < -0.3 is 4.42 Å².